The maximum absolute atomic E-state index is 12.3. The second-order valence-corrected chi connectivity index (χ2v) is 6.90. The van der Waals surface area contributed by atoms with Gasteiger partial charge in [0.15, 0.2) is 6.61 Å². The molecule has 2 atom stereocenters. The van der Waals surface area contributed by atoms with Gasteiger partial charge in [-0.1, -0.05) is 19.1 Å². The molecule has 1 aliphatic heterocycles. The summed E-state index contributed by atoms with van der Waals surface area (Å²) in [5.74, 6) is -1.16. The molecule has 2 heterocycles. The van der Waals surface area contributed by atoms with Crippen LogP contribution in [0.1, 0.15) is 46.0 Å². The summed E-state index contributed by atoms with van der Waals surface area (Å²) in [5, 5.41) is 4.47. The summed E-state index contributed by atoms with van der Waals surface area (Å²) in [7, 11) is 0. The Morgan fingerprint density at radius 2 is 2.00 bits per heavy atom. The molecule has 0 fully saturated rings. The average molecular weight is 374 g/mol. The Labute approximate surface area is 154 Å². The highest BCUT2D eigenvalue weighted by atomic mass is 32.1. The number of fused-ring (bicyclic) bond motifs is 1. The zero-order valence-electron chi connectivity index (χ0n) is 14.3. The van der Waals surface area contributed by atoms with Gasteiger partial charge in [-0.25, -0.2) is 4.79 Å². The number of primary amides is 1. The average Bonchev–Trinajstić information content (AvgIpc) is 3.18. The lowest BCUT2D eigenvalue weighted by molar-refractivity contribution is -0.119. The van der Waals surface area contributed by atoms with Gasteiger partial charge < -0.3 is 20.5 Å². The highest BCUT2D eigenvalue weighted by Gasteiger charge is 2.31. The number of carbonyl (C=O) groups is 3. The van der Waals surface area contributed by atoms with Crippen LogP contribution in [0, 0.1) is 0 Å². The summed E-state index contributed by atoms with van der Waals surface area (Å²) in [6.45, 7) is 3.48. The molecule has 2 amide bonds. The molecule has 0 saturated carbocycles. The molecule has 26 heavy (non-hydrogen) atoms. The van der Waals surface area contributed by atoms with Crippen molar-refractivity contribution in [3.63, 3.8) is 0 Å². The highest BCUT2D eigenvalue weighted by Crippen LogP contribution is 2.40. The van der Waals surface area contributed by atoms with E-state index in [1.807, 2.05) is 19.9 Å². The first-order chi connectivity index (χ1) is 12.4. The van der Waals surface area contributed by atoms with Gasteiger partial charge in [0.05, 0.1) is 5.56 Å². The summed E-state index contributed by atoms with van der Waals surface area (Å²) in [6.07, 6.45) is -0.0340. The number of esters is 1. The number of amides is 2. The van der Waals surface area contributed by atoms with Crippen molar-refractivity contribution in [1.29, 1.82) is 0 Å². The first-order valence-corrected chi connectivity index (χ1v) is 8.90. The lowest BCUT2D eigenvalue weighted by Gasteiger charge is -2.10. The van der Waals surface area contributed by atoms with E-state index in [1.54, 1.807) is 17.5 Å². The molecule has 1 aromatic carbocycles. The normalized spacial score (nSPS) is 17.9. The van der Waals surface area contributed by atoms with Crippen LogP contribution in [-0.2, 0) is 9.53 Å². The molecule has 8 heteroatoms. The number of rotatable bonds is 5. The van der Waals surface area contributed by atoms with Gasteiger partial charge in [-0.15, -0.1) is 11.3 Å². The Bertz CT molecular complexity index is 876. The van der Waals surface area contributed by atoms with Crippen molar-refractivity contribution in [1.82, 2.24) is 0 Å². The molecule has 0 spiro atoms. The van der Waals surface area contributed by atoms with Crippen molar-refractivity contribution < 1.29 is 23.9 Å². The number of para-hydroxylation sites is 1. The van der Waals surface area contributed by atoms with Gasteiger partial charge in [0.1, 0.15) is 22.4 Å². The van der Waals surface area contributed by atoms with Crippen molar-refractivity contribution in [2.45, 2.75) is 25.9 Å². The van der Waals surface area contributed by atoms with Crippen LogP contribution in [0.5, 0.6) is 5.75 Å². The van der Waals surface area contributed by atoms with Gasteiger partial charge >= 0.3 is 5.97 Å². The summed E-state index contributed by atoms with van der Waals surface area (Å²) in [4.78, 5) is 35.6. The third-order valence-corrected chi connectivity index (χ3v) is 5.11. The molecule has 0 radical (unpaired) electrons. The Morgan fingerprint density at radius 1 is 1.23 bits per heavy atom. The van der Waals surface area contributed by atoms with Gasteiger partial charge in [0, 0.05) is 11.5 Å². The van der Waals surface area contributed by atoms with E-state index in [9.17, 15) is 14.4 Å². The van der Waals surface area contributed by atoms with Crippen molar-refractivity contribution in [2.75, 3.05) is 11.9 Å². The maximum Gasteiger partial charge on any atom is 0.342 e. The number of nitrogens with one attached hydrogen (secondary N) is 1. The molecule has 136 valence electrons. The largest absolute Gasteiger partial charge is 0.489 e. The van der Waals surface area contributed by atoms with Gasteiger partial charge in [-0.3, -0.25) is 9.59 Å². The van der Waals surface area contributed by atoms with Crippen LogP contribution in [0.2, 0.25) is 0 Å². The lowest BCUT2D eigenvalue weighted by atomic mass is 9.97. The fourth-order valence-corrected chi connectivity index (χ4v) is 3.53. The van der Waals surface area contributed by atoms with Crippen molar-refractivity contribution >= 4 is 34.1 Å². The number of hydrogen-bond acceptors (Lipinski definition) is 6. The van der Waals surface area contributed by atoms with E-state index in [1.165, 1.54) is 6.07 Å². The Morgan fingerprint density at radius 3 is 2.73 bits per heavy atom. The van der Waals surface area contributed by atoms with E-state index in [0.29, 0.717) is 16.3 Å². The van der Waals surface area contributed by atoms with E-state index >= 15 is 0 Å². The Hall–Kier alpha value is -2.87. The molecular formula is C18H18N2O5S. The molecule has 3 N–H and O–H groups in total. The predicted octanol–water partition coefficient (Wildman–Crippen LogP) is 2.53. The van der Waals surface area contributed by atoms with Crippen LogP contribution in [-0.4, -0.2) is 30.5 Å². The van der Waals surface area contributed by atoms with E-state index in [4.69, 9.17) is 15.2 Å². The molecule has 1 aliphatic rings. The topological polar surface area (TPSA) is 108 Å². The third kappa shape index (κ3) is 3.41. The van der Waals surface area contributed by atoms with Crippen LogP contribution in [0.3, 0.4) is 0 Å². The zero-order chi connectivity index (χ0) is 18.8. The minimum Gasteiger partial charge on any atom is -0.489 e. The minimum absolute atomic E-state index is 0.0340. The van der Waals surface area contributed by atoms with Crippen LogP contribution in [0.15, 0.2) is 29.6 Å². The smallest absolute Gasteiger partial charge is 0.342 e. The number of benzene rings is 1. The number of thiophene rings is 1. The van der Waals surface area contributed by atoms with E-state index in [-0.39, 0.29) is 17.6 Å². The van der Waals surface area contributed by atoms with Crippen LogP contribution in [0.4, 0.5) is 5.00 Å². The molecule has 0 aliphatic carbocycles. The number of ether oxygens (including phenoxy) is 2. The standard InChI is InChI=1S/C18H18N2O5S/c1-9-10(2)25-15-11(9)4-3-5-12(15)18(23)24-8-14(21)20-17-13(16(19)22)6-7-26-17/h3-7,9-10H,8H2,1-2H3,(H2,19,22)(H,20,21)/t9-,10-/m0/s1. The molecule has 1 aromatic heterocycles. The quantitative estimate of drug-likeness (QED) is 0.782. The first kappa shape index (κ1) is 17.9. The van der Waals surface area contributed by atoms with E-state index in [2.05, 4.69) is 5.32 Å². The Kier molecular flexibility index (Phi) is 4.94. The van der Waals surface area contributed by atoms with Crippen LogP contribution < -0.4 is 15.8 Å². The van der Waals surface area contributed by atoms with Gasteiger partial charge in [-0.05, 0) is 24.4 Å². The SMILES string of the molecule is C[C@@H]1Oc2c(C(=O)OCC(=O)Nc3sccc3C(N)=O)cccc2[C@H]1C. The maximum atomic E-state index is 12.3. The van der Waals surface area contributed by atoms with Gasteiger partial charge in [0.25, 0.3) is 11.8 Å². The fraction of sp³-hybridized carbons (Fsp3) is 0.278. The highest BCUT2D eigenvalue weighted by molar-refractivity contribution is 7.14. The molecule has 7 nitrogen and oxygen atoms in total. The lowest BCUT2D eigenvalue weighted by Crippen LogP contribution is -2.22. The van der Waals surface area contributed by atoms with Crippen LogP contribution in [0.25, 0.3) is 0 Å². The second kappa shape index (κ2) is 7.17. The predicted molar refractivity (Wildman–Crippen MR) is 96.7 cm³/mol. The van der Waals surface area contributed by atoms with Crippen molar-refractivity contribution in [3.8, 4) is 5.75 Å². The zero-order valence-corrected chi connectivity index (χ0v) is 15.1. The minimum atomic E-state index is -0.640. The number of nitrogens with two attached hydrogens (primary N) is 1. The fourth-order valence-electron chi connectivity index (χ4n) is 2.72. The Balaban J connectivity index is 1.64. The summed E-state index contributed by atoms with van der Waals surface area (Å²) >= 11 is 1.16. The van der Waals surface area contributed by atoms with Crippen molar-refractivity contribution in [3.05, 3.63) is 46.3 Å². The third-order valence-electron chi connectivity index (χ3n) is 4.28. The molecule has 0 unspecified atom stereocenters. The van der Waals surface area contributed by atoms with Crippen molar-refractivity contribution in [2.24, 2.45) is 5.73 Å². The molecule has 0 saturated heterocycles. The van der Waals surface area contributed by atoms with Crippen LogP contribution >= 0.6 is 11.3 Å². The molecule has 0 bridgehead atoms. The number of hydrogen-bond donors (Lipinski definition) is 2. The molecular weight excluding hydrogens is 356 g/mol. The summed E-state index contributed by atoms with van der Waals surface area (Å²) < 4.78 is 10.8. The number of carbonyl (C=O) groups excluding carboxylic acids is 3. The van der Waals surface area contributed by atoms with Gasteiger partial charge in [-0.2, -0.15) is 0 Å². The number of anilines is 1. The first-order valence-electron chi connectivity index (χ1n) is 8.02. The molecule has 3 rings (SSSR count). The van der Waals surface area contributed by atoms with Gasteiger partial charge in [0.2, 0.25) is 0 Å². The summed E-state index contributed by atoms with van der Waals surface area (Å²) in [6, 6.07) is 6.79. The summed E-state index contributed by atoms with van der Waals surface area (Å²) in [5.41, 5.74) is 6.68. The monoisotopic (exact) mass is 374 g/mol. The van der Waals surface area contributed by atoms with E-state index in [0.717, 1.165) is 16.9 Å². The second-order valence-electron chi connectivity index (χ2n) is 5.99. The molecule has 2 aromatic rings. The van der Waals surface area contributed by atoms with E-state index < -0.39 is 24.4 Å².